The van der Waals surface area contributed by atoms with E-state index in [4.69, 9.17) is 10.2 Å². The van der Waals surface area contributed by atoms with E-state index >= 15 is 0 Å². The van der Waals surface area contributed by atoms with Crippen LogP contribution < -0.4 is 0 Å². The third-order valence-corrected chi connectivity index (χ3v) is 6.98. The highest BCUT2D eigenvalue weighted by atomic mass is 32.1. The van der Waals surface area contributed by atoms with Crippen LogP contribution in [0.3, 0.4) is 0 Å². The molecule has 0 saturated heterocycles. The Morgan fingerprint density at radius 3 is 2.15 bits per heavy atom. The molecule has 0 bridgehead atoms. The van der Waals surface area contributed by atoms with Gasteiger partial charge in [0.2, 0.25) is 0 Å². The summed E-state index contributed by atoms with van der Waals surface area (Å²) in [5.74, 6) is -0.503. The first-order valence-corrected chi connectivity index (χ1v) is 11.2. The van der Waals surface area contributed by atoms with Crippen LogP contribution in [0.25, 0.3) is 38.5 Å². The lowest BCUT2D eigenvalue weighted by Crippen LogP contribution is -2.00. The van der Waals surface area contributed by atoms with Crippen LogP contribution in [-0.4, -0.2) is 21.1 Å². The summed E-state index contributed by atoms with van der Waals surface area (Å²) in [7, 11) is 1.93. The number of rotatable bonds is 2. The van der Waals surface area contributed by atoms with E-state index in [2.05, 4.69) is 6.07 Å². The first kappa shape index (κ1) is 19.4. The molecule has 0 amide bonds. The van der Waals surface area contributed by atoms with E-state index in [0.29, 0.717) is 21.7 Å². The molecule has 5 aromatic rings. The van der Waals surface area contributed by atoms with E-state index in [1.165, 1.54) is 11.3 Å². The molecular formula is C27H15N3O2S. The van der Waals surface area contributed by atoms with Gasteiger partial charge in [-0.05, 0) is 52.7 Å². The second kappa shape index (κ2) is 7.09. The maximum atomic E-state index is 13.0. The number of hydrogen-bond donors (Lipinski definition) is 0. The Morgan fingerprint density at radius 1 is 0.939 bits per heavy atom. The third kappa shape index (κ3) is 2.94. The zero-order valence-corrected chi connectivity index (χ0v) is 18.3. The van der Waals surface area contributed by atoms with Crippen molar-refractivity contribution in [3.8, 4) is 17.3 Å². The highest BCUT2D eigenvalue weighted by Crippen LogP contribution is 2.35. The van der Waals surface area contributed by atoms with Crippen molar-refractivity contribution in [1.29, 1.82) is 5.26 Å². The number of carbonyl (C=O) groups is 2. The zero-order chi connectivity index (χ0) is 22.7. The summed E-state index contributed by atoms with van der Waals surface area (Å²) in [6.45, 7) is 0. The van der Waals surface area contributed by atoms with Gasteiger partial charge in [-0.25, -0.2) is 4.98 Å². The van der Waals surface area contributed by atoms with E-state index in [1.807, 2.05) is 54.1 Å². The number of fused-ring (bicyclic) bond motifs is 3. The van der Waals surface area contributed by atoms with Crippen LogP contribution in [0, 0.1) is 11.3 Å². The molecule has 5 nitrogen and oxygen atoms in total. The minimum absolute atomic E-state index is 0.159. The Bertz CT molecular complexity index is 1660. The van der Waals surface area contributed by atoms with Crippen molar-refractivity contribution in [2.75, 3.05) is 0 Å². The van der Waals surface area contributed by atoms with E-state index in [0.717, 1.165) is 32.4 Å². The first-order valence-electron chi connectivity index (χ1n) is 10.3. The molecule has 0 aliphatic heterocycles. The Balaban J connectivity index is 1.39. The minimum atomic E-state index is -0.252. The van der Waals surface area contributed by atoms with E-state index in [-0.39, 0.29) is 17.1 Å². The van der Waals surface area contributed by atoms with E-state index in [9.17, 15) is 9.59 Å². The SMILES string of the molecule is Cn1c(-c2ccc(C#N)cc2)cc2sc(C=C3C(=O)c4cc5ccccc5cc4C3=O)nc21. The van der Waals surface area contributed by atoms with Gasteiger partial charge in [-0.15, -0.1) is 11.3 Å². The van der Waals surface area contributed by atoms with Gasteiger partial charge in [0.25, 0.3) is 0 Å². The molecule has 2 heterocycles. The van der Waals surface area contributed by atoms with Gasteiger partial charge in [0, 0.05) is 18.2 Å². The van der Waals surface area contributed by atoms with Crippen LogP contribution in [0.4, 0.5) is 0 Å². The Hall–Kier alpha value is -4.34. The van der Waals surface area contributed by atoms with Gasteiger partial charge in [0.1, 0.15) is 5.01 Å². The molecule has 0 N–H and O–H groups in total. The fraction of sp³-hybridized carbons (Fsp3) is 0.0370. The fourth-order valence-electron chi connectivity index (χ4n) is 4.33. The number of aromatic nitrogens is 2. The number of hydrogen-bond acceptors (Lipinski definition) is 5. The summed E-state index contributed by atoms with van der Waals surface area (Å²) in [6, 6.07) is 22.9. The molecular weight excluding hydrogens is 430 g/mol. The van der Waals surface area contributed by atoms with Crippen molar-refractivity contribution in [3.05, 3.63) is 94.0 Å². The molecule has 6 rings (SSSR count). The topological polar surface area (TPSA) is 75.8 Å². The zero-order valence-electron chi connectivity index (χ0n) is 17.5. The molecule has 3 aromatic carbocycles. The second-order valence-corrected chi connectivity index (χ2v) is 9.04. The Morgan fingerprint density at radius 2 is 1.58 bits per heavy atom. The maximum absolute atomic E-state index is 13.0. The van der Waals surface area contributed by atoms with Crippen molar-refractivity contribution in [2.45, 2.75) is 0 Å². The molecule has 156 valence electrons. The van der Waals surface area contributed by atoms with Gasteiger partial charge < -0.3 is 4.57 Å². The summed E-state index contributed by atoms with van der Waals surface area (Å²) < 4.78 is 2.94. The average molecular weight is 446 g/mol. The summed E-state index contributed by atoms with van der Waals surface area (Å²) in [4.78, 5) is 30.7. The number of benzene rings is 3. The smallest absolute Gasteiger partial charge is 0.197 e. The average Bonchev–Trinajstić information content (AvgIpc) is 3.45. The largest absolute Gasteiger partial charge is 0.328 e. The van der Waals surface area contributed by atoms with Crippen LogP contribution >= 0.6 is 11.3 Å². The maximum Gasteiger partial charge on any atom is 0.197 e. The molecule has 0 saturated carbocycles. The van der Waals surface area contributed by atoms with Gasteiger partial charge in [-0.2, -0.15) is 5.26 Å². The molecule has 6 heteroatoms. The monoisotopic (exact) mass is 445 g/mol. The number of nitrogens with zero attached hydrogens (tertiary/aromatic N) is 3. The summed E-state index contributed by atoms with van der Waals surface area (Å²) in [5, 5.41) is 11.5. The van der Waals surface area contributed by atoms with Crippen LogP contribution in [0.1, 0.15) is 31.3 Å². The number of thiazole rings is 1. The molecule has 0 spiro atoms. The fourth-order valence-corrected chi connectivity index (χ4v) is 5.31. The van der Waals surface area contributed by atoms with Crippen molar-refractivity contribution >= 4 is 50.1 Å². The first-order chi connectivity index (χ1) is 16.0. The molecule has 2 aromatic heterocycles. The second-order valence-electron chi connectivity index (χ2n) is 7.98. The molecule has 0 radical (unpaired) electrons. The third-order valence-electron chi connectivity index (χ3n) is 6.04. The Kier molecular flexibility index (Phi) is 4.16. The van der Waals surface area contributed by atoms with Crippen LogP contribution in [0.5, 0.6) is 0 Å². The number of Topliss-reactive ketones (excluding diaryl/α,β-unsaturated/α-hetero) is 2. The predicted octanol–water partition coefficient (Wildman–Crippen LogP) is 5.79. The summed E-state index contributed by atoms with van der Waals surface area (Å²) >= 11 is 1.44. The van der Waals surface area contributed by atoms with E-state index in [1.54, 1.807) is 30.3 Å². The lowest BCUT2D eigenvalue weighted by Gasteiger charge is -2.03. The van der Waals surface area contributed by atoms with Crippen molar-refractivity contribution < 1.29 is 9.59 Å². The summed E-state index contributed by atoms with van der Waals surface area (Å²) in [5.41, 5.74) is 4.44. The van der Waals surface area contributed by atoms with Gasteiger partial charge in [-0.3, -0.25) is 9.59 Å². The lowest BCUT2D eigenvalue weighted by molar-refractivity contribution is 0.0990. The number of aryl methyl sites for hydroxylation is 1. The van der Waals surface area contributed by atoms with Crippen molar-refractivity contribution in [1.82, 2.24) is 9.55 Å². The van der Waals surface area contributed by atoms with Crippen molar-refractivity contribution in [3.63, 3.8) is 0 Å². The Labute approximate surface area is 192 Å². The van der Waals surface area contributed by atoms with Gasteiger partial charge >= 0.3 is 0 Å². The molecule has 33 heavy (non-hydrogen) atoms. The van der Waals surface area contributed by atoms with Gasteiger partial charge in [0.05, 0.1) is 27.6 Å². The summed E-state index contributed by atoms with van der Waals surface area (Å²) in [6.07, 6.45) is 1.61. The van der Waals surface area contributed by atoms with Crippen LogP contribution in [-0.2, 0) is 7.05 Å². The number of allylic oxidation sites excluding steroid dienone is 1. The standard InChI is InChI=1S/C27H15N3O2S/c1-30-22(16-8-6-15(14-28)7-9-16)13-23-27(30)29-24(33-23)12-21-25(31)19-10-17-4-2-3-5-18(17)11-20(19)26(21)32/h2-13H,1H3. The minimum Gasteiger partial charge on any atom is -0.328 e. The number of carbonyl (C=O) groups excluding carboxylic acids is 2. The van der Waals surface area contributed by atoms with Crippen LogP contribution in [0.15, 0.2) is 72.3 Å². The van der Waals surface area contributed by atoms with Gasteiger partial charge in [-0.1, -0.05) is 36.4 Å². The molecule has 0 fully saturated rings. The highest BCUT2D eigenvalue weighted by Gasteiger charge is 2.33. The molecule has 1 aliphatic carbocycles. The van der Waals surface area contributed by atoms with Crippen molar-refractivity contribution in [2.24, 2.45) is 7.05 Å². The molecule has 0 unspecified atom stereocenters. The number of nitriles is 1. The van der Waals surface area contributed by atoms with Gasteiger partial charge in [0.15, 0.2) is 17.2 Å². The molecule has 0 atom stereocenters. The number of ketones is 2. The lowest BCUT2D eigenvalue weighted by atomic mass is 10.0. The highest BCUT2D eigenvalue weighted by molar-refractivity contribution is 7.19. The quantitative estimate of drug-likeness (QED) is 0.255. The predicted molar refractivity (Wildman–Crippen MR) is 129 cm³/mol. The van der Waals surface area contributed by atoms with E-state index < -0.39 is 0 Å². The molecule has 1 aliphatic rings. The normalized spacial score (nSPS) is 13.0. The van der Waals surface area contributed by atoms with Crippen LogP contribution in [0.2, 0.25) is 0 Å².